The third-order valence-electron chi connectivity index (χ3n) is 1.53. The molecular weight excluding hydrogens is 203 g/mol. The van der Waals surface area contributed by atoms with Crippen LogP contribution in [0, 0.1) is 6.92 Å². The summed E-state index contributed by atoms with van der Waals surface area (Å²) in [6.45, 7) is 2.13. The van der Waals surface area contributed by atoms with Gasteiger partial charge >= 0.3 is 99.3 Å². The fraction of sp³-hybridized carbons (Fsp3) is 0.250. The molecule has 5 heteroatoms. The third-order valence-corrected chi connectivity index (χ3v) is 2.80. The van der Waals surface area contributed by atoms with Crippen LogP contribution in [0.5, 0.6) is 0 Å². The fourth-order valence-corrected chi connectivity index (χ4v) is 1.56. The van der Waals surface area contributed by atoms with E-state index in [-0.39, 0.29) is 0 Å². The number of aryl methyl sites for hydroxylation is 1. The predicted molar refractivity (Wildman–Crippen MR) is 49.7 cm³/mol. The first-order valence-corrected chi connectivity index (χ1v) is 6.25. The Morgan fingerprint density at radius 3 is 1.85 bits per heavy atom. The van der Waals surface area contributed by atoms with E-state index in [1.807, 2.05) is 0 Å². The summed E-state index contributed by atoms with van der Waals surface area (Å²) in [5.74, 6) is 0. The minimum atomic E-state index is -3.67. The summed E-state index contributed by atoms with van der Waals surface area (Å²) in [5, 5.41) is 0. The van der Waals surface area contributed by atoms with Gasteiger partial charge in [0, 0.05) is 0 Å². The Balaban J connectivity index is 0.000000310. The van der Waals surface area contributed by atoms with Crippen molar-refractivity contribution in [2.45, 2.75) is 7.44 Å². The van der Waals surface area contributed by atoms with Crippen molar-refractivity contribution in [2.24, 2.45) is 0 Å². The van der Waals surface area contributed by atoms with Gasteiger partial charge in [0.05, 0.1) is 0 Å². The Bertz CT molecular complexity index is 223. The van der Waals surface area contributed by atoms with Crippen LogP contribution in [0.15, 0.2) is 24.3 Å². The number of hydrogen-bond acceptors (Lipinski definition) is 0. The topological polar surface area (TPSA) is 0 Å². The first-order valence-electron chi connectivity index (χ1n) is 4.04. The summed E-state index contributed by atoms with van der Waals surface area (Å²) in [6, 6.07) is 8.81. The maximum atomic E-state index is 9.67. The van der Waals surface area contributed by atoms with E-state index in [2.05, 4.69) is 31.2 Å². The molecule has 0 N–H and O–H groups in total. The average molecular weight is 212 g/mol. The second-order valence-electron chi connectivity index (χ2n) is 2.59. The van der Waals surface area contributed by atoms with E-state index < -0.39 is 7.54 Å². The van der Waals surface area contributed by atoms with E-state index in [0.29, 0.717) is 0 Å². The molecule has 0 saturated heterocycles. The van der Waals surface area contributed by atoms with Crippen LogP contribution < -0.4 is 0 Å². The normalized spacial score (nSPS) is 8.77. The second kappa shape index (κ2) is 8.06. The molecule has 1 aromatic rings. The molecule has 0 saturated carbocycles. The van der Waals surface area contributed by atoms with Crippen molar-refractivity contribution in [3.63, 3.8) is 0 Å². The van der Waals surface area contributed by atoms with Crippen LogP contribution in [0.25, 0.3) is 0 Å². The number of rotatable bonds is 1. The smallest absolute Gasteiger partial charge is 0.254 e. The molecule has 1 aromatic carbocycles. The van der Waals surface area contributed by atoms with Gasteiger partial charge in [-0.15, -0.1) is 0 Å². The summed E-state index contributed by atoms with van der Waals surface area (Å²) in [7, 11) is -3.67. The Hall–Kier alpha value is 0.711. The van der Waals surface area contributed by atoms with E-state index in [4.69, 9.17) is 0 Å². The van der Waals surface area contributed by atoms with Crippen LogP contribution in [0.4, 0.5) is 12.9 Å². The van der Waals surface area contributed by atoms with Gasteiger partial charge in [-0.3, -0.25) is 12.9 Å². The van der Waals surface area contributed by atoms with Crippen molar-refractivity contribution in [3.05, 3.63) is 35.4 Å². The molecule has 0 atom stereocenters. The maximum absolute atomic E-state index is 9.67. The molecular formula is C8H9BF3K. The van der Waals surface area contributed by atoms with Gasteiger partial charge in [-0.25, -0.2) is 0 Å². The molecule has 0 fully saturated rings. The molecule has 0 nitrogen and oxygen atoms in total. The van der Waals surface area contributed by atoms with E-state index in [1.54, 1.807) is 0 Å². The van der Waals surface area contributed by atoms with Gasteiger partial charge in [-0.1, -0.05) is 0 Å². The van der Waals surface area contributed by atoms with E-state index in [0.717, 1.165) is 49.0 Å². The van der Waals surface area contributed by atoms with Crippen molar-refractivity contribution in [1.29, 1.82) is 0 Å². The van der Waals surface area contributed by atoms with Gasteiger partial charge in [-0.05, 0) is 0 Å². The molecule has 0 unspecified atom stereocenters. The van der Waals surface area contributed by atoms with Gasteiger partial charge < -0.3 is 0 Å². The Morgan fingerprint density at radius 2 is 1.54 bits per heavy atom. The Morgan fingerprint density at radius 1 is 1.15 bits per heavy atom. The summed E-state index contributed by atoms with van der Waals surface area (Å²) in [5.41, 5.74) is 2.86. The molecule has 0 radical (unpaired) electrons. The molecule has 0 aliphatic rings. The van der Waals surface area contributed by atoms with E-state index in [9.17, 15) is 12.9 Å². The standard InChI is InChI=1S/C8H9.BF3.K/c1-7-3-5-8(2)6-4-7;2-1(3)4;/h3-6H,1H2,2H3;;. The summed E-state index contributed by atoms with van der Waals surface area (Å²) >= 11 is 0.961. The van der Waals surface area contributed by atoms with Crippen LogP contribution in [-0.2, 0) is 0.515 Å². The van der Waals surface area contributed by atoms with Crippen LogP contribution in [0.1, 0.15) is 11.1 Å². The Labute approximate surface area is 111 Å². The number of halogens is 3. The van der Waals surface area contributed by atoms with Gasteiger partial charge in [0.2, 0.25) is 0 Å². The largest absolute Gasteiger partial charge is 0.762 e. The number of hydrogen-bond donors (Lipinski definition) is 0. The molecule has 66 valence electrons. The Kier molecular flexibility index (Phi) is 8.50. The molecule has 0 aliphatic carbocycles. The molecule has 0 amide bonds. The van der Waals surface area contributed by atoms with Crippen molar-refractivity contribution in [2.75, 3.05) is 0 Å². The molecule has 0 spiro atoms. The summed E-state index contributed by atoms with van der Waals surface area (Å²) in [6.07, 6.45) is 0. The molecule has 0 bridgehead atoms. The molecule has 0 heterocycles. The van der Waals surface area contributed by atoms with Crippen LogP contribution in [0.3, 0.4) is 0 Å². The summed E-state index contributed by atoms with van der Waals surface area (Å²) in [4.78, 5) is 0. The van der Waals surface area contributed by atoms with Crippen LogP contribution in [-0.4, -0.2) is 56.5 Å². The molecule has 0 aliphatic heterocycles. The van der Waals surface area contributed by atoms with Crippen molar-refractivity contribution in [3.8, 4) is 0 Å². The average Bonchev–Trinajstić information content (AvgIpc) is 2.05. The zero-order valence-electron chi connectivity index (χ0n) is 7.73. The number of benzene rings is 1. The van der Waals surface area contributed by atoms with Crippen LogP contribution in [0.2, 0.25) is 0 Å². The predicted octanol–water partition coefficient (Wildman–Crippen LogP) is 2.54. The van der Waals surface area contributed by atoms with E-state index >= 15 is 0 Å². The zero-order valence-corrected chi connectivity index (χ0v) is 10.9. The first-order chi connectivity index (χ1) is 6.06. The molecule has 13 heavy (non-hydrogen) atoms. The van der Waals surface area contributed by atoms with Gasteiger partial charge in [0.1, 0.15) is 0 Å². The molecule has 1 rings (SSSR count). The fourth-order valence-electron chi connectivity index (χ4n) is 0.824. The van der Waals surface area contributed by atoms with Crippen molar-refractivity contribution >= 4 is 56.5 Å². The quantitative estimate of drug-likeness (QED) is 0.627. The van der Waals surface area contributed by atoms with Gasteiger partial charge in [0.25, 0.3) is 0 Å². The van der Waals surface area contributed by atoms with Gasteiger partial charge in [-0.2, -0.15) is 0 Å². The maximum Gasteiger partial charge on any atom is 0.762 e. The second-order valence-corrected chi connectivity index (χ2v) is 3.69. The minimum absolute atomic E-state index is 0.961. The minimum Gasteiger partial charge on any atom is -0.254 e. The summed E-state index contributed by atoms with van der Waals surface area (Å²) < 4.78 is 30.3. The molecule has 0 aromatic heterocycles. The van der Waals surface area contributed by atoms with Crippen molar-refractivity contribution < 1.29 is 12.9 Å². The van der Waals surface area contributed by atoms with Crippen molar-refractivity contribution in [1.82, 2.24) is 0 Å². The third kappa shape index (κ3) is 9.03. The monoisotopic (exact) mass is 212 g/mol. The van der Waals surface area contributed by atoms with Crippen LogP contribution >= 0.6 is 0 Å². The van der Waals surface area contributed by atoms with E-state index in [1.165, 1.54) is 11.6 Å². The zero-order chi connectivity index (χ0) is 10.3. The first kappa shape index (κ1) is 13.7. The van der Waals surface area contributed by atoms with Gasteiger partial charge in [0.15, 0.2) is 0 Å². The SMILES string of the molecule is Cc1ccc([CH2][K])cc1.FB(F)F.